The summed E-state index contributed by atoms with van der Waals surface area (Å²) in [6.07, 6.45) is 2.49. The van der Waals surface area contributed by atoms with Crippen molar-refractivity contribution >= 4 is 5.82 Å². The van der Waals surface area contributed by atoms with E-state index in [0.717, 1.165) is 18.1 Å². The van der Waals surface area contributed by atoms with E-state index in [4.69, 9.17) is 5.73 Å². The van der Waals surface area contributed by atoms with E-state index in [1.807, 2.05) is 6.92 Å². The Morgan fingerprint density at radius 3 is 2.75 bits per heavy atom. The van der Waals surface area contributed by atoms with Crippen molar-refractivity contribution in [3.05, 3.63) is 23.4 Å². The van der Waals surface area contributed by atoms with Gasteiger partial charge in [0.25, 0.3) is 0 Å². The molecule has 1 aliphatic heterocycles. The molecule has 0 aliphatic carbocycles. The van der Waals surface area contributed by atoms with Gasteiger partial charge in [0.1, 0.15) is 5.82 Å². The first-order valence-electron chi connectivity index (χ1n) is 5.98. The summed E-state index contributed by atoms with van der Waals surface area (Å²) < 4.78 is 0. The molecule has 2 rings (SSSR count). The van der Waals surface area contributed by atoms with E-state index in [1.54, 1.807) is 0 Å². The van der Waals surface area contributed by atoms with Gasteiger partial charge in [0.2, 0.25) is 0 Å². The lowest BCUT2D eigenvalue weighted by molar-refractivity contribution is 0.514. The van der Waals surface area contributed by atoms with E-state index in [-0.39, 0.29) is 5.54 Å². The van der Waals surface area contributed by atoms with Crippen LogP contribution >= 0.6 is 0 Å². The minimum Gasteiger partial charge on any atom is -0.351 e. The van der Waals surface area contributed by atoms with Crippen molar-refractivity contribution in [2.45, 2.75) is 45.7 Å². The number of nitrogens with zero attached hydrogens (tertiary/aromatic N) is 2. The summed E-state index contributed by atoms with van der Waals surface area (Å²) in [6.45, 7) is 8.29. The lowest BCUT2D eigenvalue weighted by Crippen LogP contribution is -2.38. The van der Waals surface area contributed by atoms with Gasteiger partial charge in [0.05, 0.1) is 0 Å². The molecule has 2 heterocycles. The van der Waals surface area contributed by atoms with E-state index >= 15 is 0 Å². The van der Waals surface area contributed by atoms with Crippen LogP contribution in [-0.4, -0.2) is 17.1 Å². The van der Waals surface area contributed by atoms with Crippen LogP contribution in [0.2, 0.25) is 0 Å². The quantitative estimate of drug-likeness (QED) is 0.829. The lowest BCUT2D eigenvalue weighted by atomic mass is 10.0. The van der Waals surface area contributed by atoms with Crippen molar-refractivity contribution in [1.82, 2.24) is 4.98 Å². The third-order valence-electron chi connectivity index (χ3n) is 3.41. The van der Waals surface area contributed by atoms with Crippen molar-refractivity contribution in [1.29, 1.82) is 0 Å². The maximum absolute atomic E-state index is 5.71. The molecule has 3 nitrogen and oxygen atoms in total. The topological polar surface area (TPSA) is 42.1 Å². The number of anilines is 1. The first-order chi connectivity index (χ1) is 7.53. The highest BCUT2D eigenvalue weighted by Crippen LogP contribution is 2.32. The second-order valence-electron chi connectivity index (χ2n) is 5.25. The van der Waals surface area contributed by atoms with Crippen LogP contribution in [0.25, 0.3) is 0 Å². The number of hydrogen-bond acceptors (Lipinski definition) is 3. The number of pyridine rings is 1. The van der Waals surface area contributed by atoms with Gasteiger partial charge >= 0.3 is 0 Å². The Morgan fingerprint density at radius 1 is 1.44 bits per heavy atom. The Hall–Kier alpha value is -1.09. The maximum Gasteiger partial charge on any atom is 0.129 e. The molecular weight excluding hydrogens is 198 g/mol. The Bertz CT molecular complexity index is 385. The number of hydrogen-bond donors (Lipinski definition) is 1. The Kier molecular flexibility index (Phi) is 2.89. The fraction of sp³-hybridized carbons (Fsp3) is 0.615. The minimum absolute atomic E-state index is 0.229. The molecule has 3 heteroatoms. The molecule has 1 saturated heterocycles. The molecule has 0 aromatic carbocycles. The molecule has 88 valence electrons. The molecular formula is C13H21N3. The highest BCUT2D eigenvalue weighted by atomic mass is 15.3. The first-order valence-corrected chi connectivity index (χ1v) is 5.98. The van der Waals surface area contributed by atoms with E-state index in [0.29, 0.717) is 6.54 Å². The highest BCUT2D eigenvalue weighted by molar-refractivity contribution is 5.46. The normalized spacial score (nSPS) is 19.1. The summed E-state index contributed by atoms with van der Waals surface area (Å²) in [5, 5.41) is 0. The van der Waals surface area contributed by atoms with Crippen LogP contribution in [0.4, 0.5) is 5.82 Å². The van der Waals surface area contributed by atoms with Gasteiger partial charge in [-0.3, -0.25) is 0 Å². The molecule has 0 spiro atoms. The van der Waals surface area contributed by atoms with Crippen LogP contribution in [0, 0.1) is 6.92 Å². The molecule has 0 radical (unpaired) electrons. The molecule has 1 aromatic heterocycles. The van der Waals surface area contributed by atoms with Crippen LogP contribution in [-0.2, 0) is 6.54 Å². The molecule has 0 saturated carbocycles. The Morgan fingerprint density at radius 2 is 2.19 bits per heavy atom. The third-order valence-corrected chi connectivity index (χ3v) is 3.41. The number of nitrogens with two attached hydrogens (primary N) is 1. The van der Waals surface area contributed by atoms with Crippen LogP contribution in [0.1, 0.15) is 37.9 Å². The standard InChI is InChI=1S/C13H21N3/c1-10-7-11(9-14)8-12(15-10)16-6-4-5-13(16,2)3/h7-8H,4-6,9,14H2,1-3H3. The van der Waals surface area contributed by atoms with Crippen LogP contribution in [0.3, 0.4) is 0 Å². The Balaban J connectivity index is 2.36. The van der Waals surface area contributed by atoms with Crippen molar-refractivity contribution in [3.8, 4) is 0 Å². The zero-order chi connectivity index (χ0) is 11.8. The van der Waals surface area contributed by atoms with Gasteiger partial charge in [-0.2, -0.15) is 0 Å². The predicted molar refractivity (Wildman–Crippen MR) is 67.5 cm³/mol. The van der Waals surface area contributed by atoms with Crippen molar-refractivity contribution in [2.75, 3.05) is 11.4 Å². The SMILES string of the molecule is Cc1cc(CN)cc(N2CCCC2(C)C)n1. The molecule has 1 aromatic rings. The number of rotatable bonds is 2. The van der Waals surface area contributed by atoms with Gasteiger partial charge in [-0.05, 0) is 51.3 Å². The van der Waals surface area contributed by atoms with Gasteiger partial charge < -0.3 is 10.6 Å². The van der Waals surface area contributed by atoms with Crippen molar-refractivity contribution < 1.29 is 0 Å². The average Bonchev–Trinajstić information content (AvgIpc) is 2.57. The molecule has 0 atom stereocenters. The fourth-order valence-corrected chi connectivity index (χ4v) is 2.51. The molecule has 0 bridgehead atoms. The van der Waals surface area contributed by atoms with Crippen LogP contribution in [0.15, 0.2) is 12.1 Å². The third kappa shape index (κ3) is 2.05. The van der Waals surface area contributed by atoms with E-state index in [2.05, 4.69) is 35.9 Å². The van der Waals surface area contributed by atoms with Gasteiger partial charge in [0.15, 0.2) is 0 Å². The second kappa shape index (κ2) is 4.06. The molecule has 1 fully saturated rings. The van der Waals surface area contributed by atoms with Crippen molar-refractivity contribution in [2.24, 2.45) is 5.73 Å². The average molecular weight is 219 g/mol. The summed E-state index contributed by atoms with van der Waals surface area (Å²) in [6, 6.07) is 4.19. The summed E-state index contributed by atoms with van der Waals surface area (Å²) in [4.78, 5) is 7.03. The van der Waals surface area contributed by atoms with E-state index in [1.165, 1.54) is 18.4 Å². The minimum atomic E-state index is 0.229. The zero-order valence-corrected chi connectivity index (χ0v) is 10.5. The molecule has 2 N–H and O–H groups in total. The summed E-state index contributed by atoms with van der Waals surface area (Å²) in [5.41, 5.74) is 8.16. The second-order valence-corrected chi connectivity index (χ2v) is 5.25. The molecule has 0 unspecified atom stereocenters. The van der Waals surface area contributed by atoms with Crippen molar-refractivity contribution in [3.63, 3.8) is 0 Å². The summed E-state index contributed by atoms with van der Waals surface area (Å²) in [7, 11) is 0. The lowest BCUT2D eigenvalue weighted by Gasteiger charge is -2.33. The smallest absolute Gasteiger partial charge is 0.129 e. The molecule has 1 aliphatic rings. The maximum atomic E-state index is 5.71. The van der Waals surface area contributed by atoms with E-state index < -0.39 is 0 Å². The molecule has 0 amide bonds. The summed E-state index contributed by atoms with van der Waals surface area (Å²) >= 11 is 0. The van der Waals surface area contributed by atoms with Gasteiger partial charge in [-0.15, -0.1) is 0 Å². The first kappa shape index (κ1) is 11.4. The van der Waals surface area contributed by atoms with Crippen LogP contribution in [0.5, 0.6) is 0 Å². The fourth-order valence-electron chi connectivity index (χ4n) is 2.51. The zero-order valence-electron chi connectivity index (χ0n) is 10.5. The summed E-state index contributed by atoms with van der Waals surface area (Å²) in [5.74, 6) is 1.09. The van der Waals surface area contributed by atoms with Gasteiger partial charge in [0, 0.05) is 24.3 Å². The Labute approximate surface area is 97.7 Å². The van der Waals surface area contributed by atoms with Crippen LogP contribution < -0.4 is 10.6 Å². The predicted octanol–water partition coefficient (Wildman–Crippen LogP) is 2.23. The van der Waals surface area contributed by atoms with Gasteiger partial charge in [-0.1, -0.05) is 0 Å². The number of aryl methyl sites for hydroxylation is 1. The van der Waals surface area contributed by atoms with Gasteiger partial charge in [-0.25, -0.2) is 4.98 Å². The highest BCUT2D eigenvalue weighted by Gasteiger charge is 2.32. The molecule has 16 heavy (non-hydrogen) atoms. The number of aromatic nitrogens is 1. The monoisotopic (exact) mass is 219 g/mol. The largest absolute Gasteiger partial charge is 0.351 e. The van der Waals surface area contributed by atoms with E-state index in [9.17, 15) is 0 Å².